The van der Waals surface area contributed by atoms with Crippen LogP contribution in [0.4, 0.5) is 0 Å². The lowest BCUT2D eigenvalue weighted by Gasteiger charge is -2.39. The molecule has 2 aromatic rings. The second-order valence-corrected chi connectivity index (χ2v) is 7.48. The number of aryl methyl sites for hydroxylation is 1. The van der Waals surface area contributed by atoms with Crippen molar-refractivity contribution in [2.45, 2.75) is 37.4 Å². The molecule has 1 aromatic heterocycles. The number of aromatic amines is 1. The molecule has 1 aromatic carbocycles. The quantitative estimate of drug-likeness (QED) is 0.900. The molecular weight excluding hydrogens is 264 g/mol. The highest BCUT2D eigenvalue weighted by Crippen LogP contribution is 2.42. The van der Waals surface area contributed by atoms with Crippen molar-refractivity contribution in [3.8, 4) is 0 Å². The molecule has 0 bridgehead atoms. The zero-order valence-corrected chi connectivity index (χ0v) is 13.2. The minimum absolute atomic E-state index is 0.319. The predicted molar refractivity (Wildman–Crippen MR) is 89.4 cm³/mol. The molecule has 3 rings (SSSR count). The number of rotatable bonds is 4. The van der Waals surface area contributed by atoms with Gasteiger partial charge in [-0.3, -0.25) is 0 Å². The fourth-order valence-electron chi connectivity index (χ4n) is 3.69. The fourth-order valence-corrected chi connectivity index (χ4v) is 4.55. The molecule has 2 nitrogen and oxygen atoms in total. The fraction of sp³-hybridized carbons (Fsp3) is 0.529. The van der Waals surface area contributed by atoms with E-state index < -0.39 is 0 Å². The Morgan fingerprint density at radius 1 is 1.40 bits per heavy atom. The monoisotopic (exact) mass is 288 g/mol. The first kappa shape index (κ1) is 14.0. The van der Waals surface area contributed by atoms with E-state index in [4.69, 9.17) is 5.73 Å². The van der Waals surface area contributed by atoms with Crippen LogP contribution >= 0.6 is 11.8 Å². The number of hydrogen-bond donors (Lipinski definition) is 2. The Morgan fingerprint density at radius 2 is 2.25 bits per heavy atom. The number of thioether (sulfide) groups is 1. The molecule has 0 saturated carbocycles. The number of aromatic nitrogens is 1. The zero-order valence-electron chi connectivity index (χ0n) is 12.4. The largest absolute Gasteiger partial charge is 0.361 e. The van der Waals surface area contributed by atoms with Crippen LogP contribution < -0.4 is 5.73 Å². The topological polar surface area (TPSA) is 41.8 Å². The molecule has 1 aliphatic carbocycles. The van der Waals surface area contributed by atoms with Gasteiger partial charge in [0.25, 0.3) is 0 Å². The van der Waals surface area contributed by atoms with Crippen LogP contribution in [0.1, 0.15) is 30.9 Å². The highest BCUT2D eigenvalue weighted by Gasteiger charge is 2.35. The van der Waals surface area contributed by atoms with Gasteiger partial charge in [-0.1, -0.05) is 13.0 Å². The van der Waals surface area contributed by atoms with Gasteiger partial charge in [-0.15, -0.1) is 0 Å². The molecule has 0 amide bonds. The Bertz CT molecular complexity index is 604. The summed E-state index contributed by atoms with van der Waals surface area (Å²) < 4.78 is 0.319. The van der Waals surface area contributed by atoms with Gasteiger partial charge < -0.3 is 10.7 Å². The summed E-state index contributed by atoms with van der Waals surface area (Å²) in [6, 6.07) is 6.78. The lowest BCUT2D eigenvalue weighted by atomic mass is 9.75. The molecule has 2 unspecified atom stereocenters. The van der Waals surface area contributed by atoms with Gasteiger partial charge in [0.1, 0.15) is 0 Å². The van der Waals surface area contributed by atoms with Gasteiger partial charge >= 0.3 is 0 Å². The van der Waals surface area contributed by atoms with Gasteiger partial charge in [-0.25, -0.2) is 0 Å². The van der Waals surface area contributed by atoms with Crippen molar-refractivity contribution in [3.63, 3.8) is 0 Å². The second kappa shape index (κ2) is 5.45. The van der Waals surface area contributed by atoms with Crippen LogP contribution in [0, 0.1) is 5.92 Å². The maximum atomic E-state index is 5.83. The molecule has 0 saturated heterocycles. The van der Waals surface area contributed by atoms with Crippen LogP contribution in [0.2, 0.25) is 0 Å². The number of H-pyrrole nitrogens is 1. The lowest BCUT2D eigenvalue weighted by Crippen LogP contribution is -2.37. The molecule has 0 fully saturated rings. The van der Waals surface area contributed by atoms with Gasteiger partial charge in [0.05, 0.1) is 0 Å². The zero-order chi connectivity index (χ0) is 14.2. The van der Waals surface area contributed by atoms with Crippen molar-refractivity contribution in [2.75, 3.05) is 12.8 Å². The SMILES string of the molecule is CSC(C)(CCN)C1CCc2c(ccc3[nH]ccc23)C1. The molecule has 0 aliphatic heterocycles. The molecule has 20 heavy (non-hydrogen) atoms. The summed E-state index contributed by atoms with van der Waals surface area (Å²) in [4.78, 5) is 3.32. The van der Waals surface area contributed by atoms with E-state index in [-0.39, 0.29) is 0 Å². The van der Waals surface area contributed by atoms with Gasteiger partial charge in [0.2, 0.25) is 0 Å². The molecule has 1 aliphatic rings. The minimum atomic E-state index is 0.319. The summed E-state index contributed by atoms with van der Waals surface area (Å²) in [5, 5.41) is 1.42. The standard InChI is InChI=1S/C17H24N2S/c1-17(20-2,8-9-18)13-4-5-14-12(11-13)3-6-16-15(14)7-10-19-16/h3,6-7,10,13,19H,4-5,8-9,11,18H2,1-2H3. The Hall–Kier alpha value is -0.930. The van der Waals surface area contributed by atoms with E-state index in [0.29, 0.717) is 4.75 Å². The van der Waals surface area contributed by atoms with Crippen molar-refractivity contribution in [1.29, 1.82) is 0 Å². The van der Waals surface area contributed by atoms with Crippen LogP contribution in [0.5, 0.6) is 0 Å². The smallest absolute Gasteiger partial charge is 0.0456 e. The molecule has 3 N–H and O–H groups in total. The van der Waals surface area contributed by atoms with Crippen molar-refractivity contribution in [1.82, 2.24) is 4.98 Å². The van der Waals surface area contributed by atoms with Gasteiger partial charge in [0, 0.05) is 21.8 Å². The van der Waals surface area contributed by atoms with Crippen molar-refractivity contribution in [2.24, 2.45) is 11.7 Å². The summed E-state index contributed by atoms with van der Waals surface area (Å²) in [6.07, 6.45) is 9.09. The van der Waals surface area contributed by atoms with Gasteiger partial charge in [0.15, 0.2) is 0 Å². The average Bonchev–Trinajstić information content (AvgIpc) is 2.95. The van der Waals surface area contributed by atoms with Crippen LogP contribution in [-0.2, 0) is 12.8 Å². The van der Waals surface area contributed by atoms with E-state index in [1.54, 1.807) is 11.1 Å². The molecule has 0 radical (unpaired) electrons. The number of nitrogens with two attached hydrogens (primary N) is 1. The predicted octanol–water partition coefficient (Wildman–Crippen LogP) is 3.74. The van der Waals surface area contributed by atoms with E-state index in [1.165, 1.54) is 30.2 Å². The number of fused-ring (bicyclic) bond motifs is 3. The van der Waals surface area contributed by atoms with Crippen molar-refractivity contribution < 1.29 is 0 Å². The van der Waals surface area contributed by atoms with Crippen LogP contribution in [-0.4, -0.2) is 22.5 Å². The first-order valence-corrected chi connectivity index (χ1v) is 8.73. The van der Waals surface area contributed by atoms with Crippen molar-refractivity contribution >= 4 is 22.7 Å². The summed E-state index contributed by atoms with van der Waals surface area (Å²) in [7, 11) is 0. The summed E-state index contributed by atoms with van der Waals surface area (Å²) >= 11 is 2.00. The van der Waals surface area contributed by atoms with Gasteiger partial charge in [-0.2, -0.15) is 11.8 Å². The third-order valence-corrected chi connectivity index (χ3v) is 6.59. The van der Waals surface area contributed by atoms with E-state index in [9.17, 15) is 0 Å². The molecule has 3 heteroatoms. The number of nitrogens with one attached hydrogen (secondary N) is 1. The second-order valence-electron chi connectivity index (χ2n) is 6.14. The van der Waals surface area contributed by atoms with Gasteiger partial charge in [-0.05, 0) is 67.7 Å². The van der Waals surface area contributed by atoms with Crippen LogP contribution in [0.3, 0.4) is 0 Å². The first-order chi connectivity index (χ1) is 9.68. The van der Waals surface area contributed by atoms with Crippen LogP contribution in [0.15, 0.2) is 24.4 Å². The van der Waals surface area contributed by atoms with E-state index in [1.807, 2.05) is 11.8 Å². The third kappa shape index (κ3) is 2.27. The Labute approximate surface area is 125 Å². The minimum Gasteiger partial charge on any atom is -0.361 e. The maximum absolute atomic E-state index is 5.83. The van der Waals surface area contributed by atoms with E-state index in [2.05, 4.69) is 42.6 Å². The maximum Gasteiger partial charge on any atom is 0.0456 e. The van der Waals surface area contributed by atoms with E-state index in [0.717, 1.165) is 18.9 Å². The normalized spacial score (nSPS) is 21.6. The van der Waals surface area contributed by atoms with E-state index >= 15 is 0 Å². The third-order valence-electron chi connectivity index (χ3n) is 5.12. The molecule has 2 atom stereocenters. The summed E-state index contributed by atoms with van der Waals surface area (Å²) in [5.74, 6) is 0.741. The highest BCUT2D eigenvalue weighted by molar-refractivity contribution is 8.00. The molecule has 1 heterocycles. The molecule has 0 spiro atoms. The number of benzene rings is 1. The van der Waals surface area contributed by atoms with Crippen LogP contribution in [0.25, 0.3) is 10.9 Å². The Morgan fingerprint density at radius 3 is 3.00 bits per heavy atom. The summed E-state index contributed by atoms with van der Waals surface area (Å²) in [5.41, 5.74) is 10.2. The highest BCUT2D eigenvalue weighted by atomic mass is 32.2. The Kier molecular flexibility index (Phi) is 3.83. The average molecular weight is 288 g/mol. The first-order valence-electron chi connectivity index (χ1n) is 7.51. The molecule has 108 valence electrons. The summed E-state index contributed by atoms with van der Waals surface area (Å²) in [6.45, 7) is 3.19. The molecular formula is C17H24N2S. The Balaban J connectivity index is 1.92. The lowest BCUT2D eigenvalue weighted by molar-refractivity contribution is 0.344. The van der Waals surface area contributed by atoms with Crippen molar-refractivity contribution in [3.05, 3.63) is 35.5 Å². The number of hydrogen-bond acceptors (Lipinski definition) is 2.